The van der Waals surface area contributed by atoms with E-state index in [0.29, 0.717) is 26.2 Å². The highest BCUT2D eigenvalue weighted by molar-refractivity contribution is 9.10. The van der Waals surface area contributed by atoms with Crippen LogP contribution in [-0.2, 0) is 4.79 Å². The Bertz CT molecular complexity index is 425. The van der Waals surface area contributed by atoms with Gasteiger partial charge >= 0.3 is 0 Å². The molecule has 0 aliphatic carbocycles. The Kier molecular flexibility index (Phi) is 4.40. The largest absolute Gasteiger partial charge is 0.338 e. The van der Waals surface area contributed by atoms with E-state index in [-0.39, 0.29) is 16.6 Å². The number of amides is 2. The number of carbonyl (C=O) groups excluding carboxylic acids is 2. The number of hydrogen-bond acceptors (Lipinski definition) is 3. The molecule has 1 fully saturated rings. The topological polar surface area (TPSA) is 40.6 Å². The Morgan fingerprint density at radius 2 is 1.89 bits per heavy atom. The first-order chi connectivity index (χ1) is 8.59. The zero-order chi connectivity index (χ0) is 13.1. The Hall–Kier alpha value is -0.880. The lowest BCUT2D eigenvalue weighted by molar-refractivity contribution is -0.131. The lowest BCUT2D eigenvalue weighted by Crippen LogP contribution is -2.51. The second-order valence-electron chi connectivity index (χ2n) is 4.21. The number of carbonyl (C=O) groups is 2. The number of halogens is 1. The summed E-state index contributed by atoms with van der Waals surface area (Å²) in [6, 6.07) is 3.72. The number of alkyl halides is 1. The normalized spacial score (nSPS) is 17.7. The van der Waals surface area contributed by atoms with Crippen molar-refractivity contribution in [3.8, 4) is 0 Å². The molecule has 1 aromatic rings. The third kappa shape index (κ3) is 2.92. The fourth-order valence-electron chi connectivity index (χ4n) is 1.94. The SMILES string of the molecule is CC(Br)C(=O)N1CCN(C(=O)c2cccs2)CC1. The van der Waals surface area contributed by atoms with Crippen molar-refractivity contribution in [2.45, 2.75) is 11.8 Å². The molecule has 0 radical (unpaired) electrons. The minimum absolute atomic E-state index is 0.0731. The standard InChI is InChI=1S/C12H15BrN2O2S/c1-9(13)11(16)14-4-6-15(7-5-14)12(17)10-3-2-8-18-10/h2-3,8-9H,4-7H2,1H3. The van der Waals surface area contributed by atoms with Gasteiger partial charge in [0.25, 0.3) is 5.91 Å². The predicted octanol–water partition coefficient (Wildman–Crippen LogP) is 1.82. The van der Waals surface area contributed by atoms with Gasteiger partial charge in [-0.25, -0.2) is 0 Å². The molecule has 1 aliphatic rings. The van der Waals surface area contributed by atoms with Crippen LogP contribution in [0.1, 0.15) is 16.6 Å². The maximum atomic E-state index is 12.1. The molecular weight excluding hydrogens is 316 g/mol. The molecule has 6 heteroatoms. The van der Waals surface area contributed by atoms with Gasteiger partial charge in [0.15, 0.2) is 0 Å². The van der Waals surface area contributed by atoms with E-state index >= 15 is 0 Å². The zero-order valence-corrected chi connectivity index (χ0v) is 12.5. The fraction of sp³-hybridized carbons (Fsp3) is 0.500. The van der Waals surface area contributed by atoms with Crippen LogP contribution in [-0.4, -0.2) is 52.6 Å². The van der Waals surface area contributed by atoms with Crippen molar-refractivity contribution in [1.82, 2.24) is 9.80 Å². The van der Waals surface area contributed by atoms with Crippen LogP contribution >= 0.6 is 27.3 Å². The molecular formula is C12H15BrN2O2S. The number of piperazine rings is 1. The molecule has 2 heterocycles. The van der Waals surface area contributed by atoms with Crippen molar-refractivity contribution < 1.29 is 9.59 Å². The Morgan fingerprint density at radius 1 is 1.28 bits per heavy atom. The van der Waals surface area contributed by atoms with Crippen LogP contribution in [0.2, 0.25) is 0 Å². The van der Waals surface area contributed by atoms with Crippen LogP contribution in [0, 0.1) is 0 Å². The molecule has 1 saturated heterocycles. The smallest absolute Gasteiger partial charge is 0.264 e. The first-order valence-corrected chi connectivity index (χ1v) is 7.65. The lowest BCUT2D eigenvalue weighted by Gasteiger charge is -2.35. The Balaban J connectivity index is 1.91. The molecule has 2 amide bonds. The van der Waals surface area contributed by atoms with Gasteiger partial charge in [-0.05, 0) is 18.4 Å². The lowest BCUT2D eigenvalue weighted by atomic mass is 10.2. The molecule has 0 N–H and O–H groups in total. The summed E-state index contributed by atoms with van der Waals surface area (Å²) in [5, 5.41) is 1.90. The molecule has 1 unspecified atom stereocenters. The average molecular weight is 331 g/mol. The summed E-state index contributed by atoms with van der Waals surface area (Å²) in [6.45, 7) is 4.29. The van der Waals surface area contributed by atoms with E-state index in [1.54, 1.807) is 4.90 Å². The van der Waals surface area contributed by atoms with Crippen LogP contribution in [0.5, 0.6) is 0 Å². The maximum Gasteiger partial charge on any atom is 0.264 e. The van der Waals surface area contributed by atoms with E-state index < -0.39 is 0 Å². The quantitative estimate of drug-likeness (QED) is 0.776. The monoisotopic (exact) mass is 330 g/mol. The predicted molar refractivity (Wildman–Crippen MR) is 75.2 cm³/mol. The number of nitrogens with zero attached hydrogens (tertiary/aromatic N) is 2. The third-order valence-corrected chi connectivity index (χ3v) is 4.20. The van der Waals surface area contributed by atoms with E-state index in [1.165, 1.54) is 11.3 Å². The van der Waals surface area contributed by atoms with Crippen LogP contribution in [0.15, 0.2) is 17.5 Å². The van der Waals surface area contributed by atoms with Gasteiger partial charge in [0.05, 0.1) is 9.70 Å². The summed E-state index contributed by atoms with van der Waals surface area (Å²) in [5.41, 5.74) is 0. The molecule has 0 saturated carbocycles. The summed E-state index contributed by atoms with van der Waals surface area (Å²) in [6.07, 6.45) is 0. The summed E-state index contributed by atoms with van der Waals surface area (Å²) in [5.74, 6) is 0.169. The summed E-state index contributed by atoms with van der Waals surface area (Å²) in [7, 11) is 0. The maximum absolute atomic E-state index is 12.1. The molecule has 0 bridgehead atoms. The van der Waals surface area contributed by atoms with Crippen LogP contribution in [0.4, 0.5) is 0 Å². The van der Waals surface area contributed by atoms with E-state index in [0.717, 1.165) is 4.88 Å². The van der Waals surface area contributed by atoms with Crippen LogP contribution < -0.4 is 0 Å². The number of rotatable bonds is 2. The highest BCUT2D eigenvalue weighted by Gasteiger charge is 2.26. The molecule has 1 aliphatic heterocycles. The second-order valence-corrected chi connectivity index (χ2v) is 6.53. The molecule has 4 nitrogen and oxygen atoms in total. The molecule has 2 rings (SSSR count). The van der Waals surface area contributed by atoms with Crippen molar-refractivity contribution in [3.05, 3.63) is 22.4 Å². The van der Waals surface area contributed by atoms with Crippen molar-refractivity contribution in [3.63, 3.8) is 0 Å². The molecule has 1 atom stereocenters. The highest BCUT2D eigenvalue weighted by Crippen LogP contribution is 2.14. The van der Waals surface area contributed by atoms with Gasteiger partial charge < -0.3 is 9.80 Å². The Labute approximate surface area is 119 Å². The van der Waals surface area contributed by atoms with E-state index in [4.69, 9.17) is 0 Å². The highest BCUT2D eigenvalue weighted by atomic mass is 79.9. The fourth-order valence-corrected chi connectivity index (χ4v) is 2.92. The second kappa shape index (κ2) is 5.84. The van der Waals surface area contributed by atoms with Gasteiger partial charge in [0.1, 0.15) is 0 Å². The van der Waals surface area contributed by atoms with Gasteiger partial charge in [0, 0.05) is 26.2 Å². The summed E-state index contributed by atoms with van der Waals surface area (Å²) < 4.78 is 0. The minimum atomic E-state index is -0.156. The minimum Gasteiger partial charge on any atom is -0.338 e. The van der Waals surface area contributed by atoms with Crippen molar-refractivity contribution in [1.29, 1.82) is 0 Å². The molecule has 1 aromatic heterocycles. The molecule has 0 spiro atoms. The van der Waals surface area contributed by atoms with E-state index in [2.05, 4.69) is 15.9 Å². The van der Waals surface area contributed by atoms with Gasteiger partial charge in [-0.1, -0.05) is 22.0 Å². The van der Waals surface area contributed by atoms with Gasteiger partial charge in [0.2, 0.25) is 5.91 Å². The third-order valence-electron chi connectivity index (χ3n) is 2.95. The average Bonchev–Trinajstić information content (AvgIpc) is 2.91. The zero-order valence-electron chi connectivity index (χ0n) is 10.1. The summed E-state index contributed by atoms with van der Waals surface area (Å²) >= 11 is 4.74. The van der Waals surface area contributed by atoms with Gasteiger partial charge in [-0.2, -0.15) is 0 Å². The van der Waals surface area contributed by atoms with Crippen LogP contribution in [0.3, 0.4) is 0 Å². The Morgan fingerprint density at radius 3 is 2.39 bits per heavy atom. The van der Waals surface area contributed by atoms with Crippen molar-refractivity contribution >= 4 is 39.1 Å². The molecule has 0 aromatic carbocycles. The molecule has 18 heavy (non-hydrogen) atoms. The number of hydrogen-bond donors (Lipinski definition) is 0. The van der Waals surface area contributed by atoms with Gasteiger partial charge in [-0.15, -0.1) is 11.3 Å². The summed E-state index contributed by atoms with van der Waals surface area (Å²) in [4.78, 5) is 28.1. The molecule has 98 valence electrons. The van der Waals surface area contributed by atoms with E-state index in [9.17, 15) is 9.59 Å². The first-order valence-electron chi connectivity index (χ1n) is 5.85. The van der Waals surface area contributed by atoms with Crippen LogP contribution in [0.25, 0.3) is 0 Å². The van der Waals surface area contributed by atoms with E-state index in [1.807, 2.05) is 29.3 Å². The first kappa shape index (κ1) is 13.5. The van der Waals surface area contributed by atoms with Crippen molar-refractivity contribution in [2.75, 3.05) is 26.2 Å². The van der Waals surface area contributed by atoms with Gasteiger partial charge in [-0.3, -0.25) is 9.59 Å². The number of thiophene rings is 1. The van der Waals surface area contributed by atoms with Crippen molar-refractivity contribution in [2.24, 2.45) is 0 Å².